The van der Waals surface area contributed by atoms with Crippen molar-refractivity contribution < 1.29 is 22.3 Å². The predicted molar refractivity (Wildman–Crippen MR) is 71.6 cm³/mol. The second-order valence-electron chi connectivity index (χ2n) is 3.44. The molecular weight excluding hydrogens is 292 g/mol. The van der Waals surface area contributed by atoms with Crippen LogP contribution in [-0.2, 0) is 15.2 Å². The highest BCUT2D eigenvalue weighted by molar-refractivity contribution is 8.17. The Balaban J connectivity index is 0.000000312. The molecule has 1 aliphatic heterocycles. The first-order valence-corrected chi connectivity index (χ1v) is 7.24. The average Bonchev–Trinajstić information content (AvgIpc) is 2.28. The molecule has 19 heavy (non-hydrogen) atoms. The minimum atomic E-state index is -4.67. The van der Waals surface area contributed by atoms with Gasteiger partial charge in [-0.3, -0.25) is 18.9 Å². The lowest BCUT2D eigenvalue weighted by Crippen LogP contribution is -2.24. The summed E-state index contributed by atoms with van der Waals surface area (Å²) >= 11 is 1.30. The zero-order chi connectivity index (χ0) is 14.5. The maximum atomic E-state index is 11.1. The molecule has 1 aromatic rings. The molecule has 0 radical (unpaired) electrons. The largest absolute Gasteiger partial charge is 0.394 e. The summed E-state index contributed by atoms with van der Waals surface area (Å²) in [6, 6.07) is 3.87. The Kier molecular flexibility index (Phi) is 5.48. The highest BCUT2D eigenvalue weighted by Crippen LogP contribution is 2.28. The summed E-state index contributed by atoms with van der Waals surface area (Å²) in [6.07, 6.45) is 3.50. The first kappa shape index (κ1) is 15.6. The molecule has 0 saturated carbocycles. The van der Waals surface area contributed by atoms with E-state index in [1.54, 1.807) is 12.4 Å². The van der Waals surface area contributed by atoms with Crippen molar-refractivity contribution in [1.29, 1.82) is 0 Å². The molecule has 104 valence electrons. The molecule has 3 N–H and O–H groups in total. The van der Waals surface area contributed by atoms with Crippen LogP contribution >= 0.6 is 11.8 Å². The summed E-state index contributed by atoms with van der Waals surface area (Å²) in [4.78, 5) is 16.1. The van der Waals surface area contributed by atoms with Crippen LogP contribution in [0.1, 0.15) is 12.5 Å². The summed E-state index contributed by atoms with van der Waals surface area (Å²) in [7, 11) is -4.67. The van der Waals surface area contributed by atoms with Gasteiger partial charge >= 0.3 is 10.4 Å². The van der Waals surface area contributed by atoms with E-state index in [4.69, 9.17) is 17.5 Å². The van der Waals surface area contributed by atoms with Crippen molar-refractivity contribution in [2.24, 2.45) is 0 Å². The number of carbonyl (C=O) groups is 1. The normalized spacial score (nSPS) is 15.4. The molecule has 9 heteroatoms. The van der Waals surface area contributed by atoms with Gasteiger partial charge in [0.1, 0.15) is 0 Å². The Hall–Kier alpha value is -1.42. The fourth-order valence-corrected chi connectivity index (χ4v) is 2.14. The third-order valence-corrected chi connectivity index (χ3v) is 2.88. The van der Waals surface area contributed by atoms with Crippen LogP contribution < -0.4 is 5.32 Å². The summed E-state index contributed by atoms with van der Waals surface area (Å²) in [5, 5.41) is 3.28. The molecule has 0 spiro atoms. The molecule has 1 aromatic heterocycles. The number of carbonyl (C=O) groups excluding carboxylic acids is 1. The topological polar surface area (TPSA) is 117 Å². The minimum absolute atomic E-state index is 0.167. The van der Waals surface area contributed by atoms with Crippen LogP contribution in [0.4, 0.5) is 0 Å². The number of nitrogens with one attached hydrogen (secondary N) is 1. The van der Waals surface area contributed by atoms with Crippen molar-refractivity contribution in [2.45, 2.75) is 6.92 Å². The Bertz CT molecular complexity index is 575. The summed E-state index contributed by atoms with van der Waals surface area (Å²) in [5.41, 5.74) is 2.12. The van der Waals surface area contributed by atoms with Crippen LogP contribution in [0.3, 0.4) is 0 Å². The zero-order valence-electron chi connectivity index (χ0n) is 9.90. The summed E-state index contributed by atoms with van der Waals surface area (Å²) < 4.78 is 31.6. The van der Waals surface area contributed by atoms with Gasteiger partial charge in [0.15, 0.2) is 0 Å². The maximum Gasteiger partial charge on any atom is 0.394 e. The highest BCUT2D eigenvalue weighted by atomic mass is 32.3. The van der Waals surface area contributed by atoms with Gasteiger partial charge in [-0.1, -0.05) is 11.8 Å². The summed E-state index contributed by atoms with van der Waals surface area (Å²) in [5.74, 6) is 0. The van der Waals surface area contributed by atoms with Crippen molar-refractivity contribution in [3.8, 4) is 0 Å². The van der Waals surface area contributed by atoms with E-state index >= 15 is 0 Å². The number of hydrogen-bond donors (Lipinski definition) is 3. The predicted octanol–water partition coefficient (Wildman–Crippen LogP) is 0.980. The van der Waals surface area contributed by atoms with Crippen LogP contribution in [0, 0.1) is 0 Å². The SMILES string of the molecule is CC1=C(c2ccncc2)NCC(=O)S1.O=S(=O)(O)O. The first-order valence-electron chi connectivity index (χ1n) is 5.03. The lowest BCUT2D eigenvalue weighted by Gasteiger charge is -2.18. The van der Waals surface area contributed by atoms with Gasteiger partial charge in [-0.25, -0.2) is 0 Å². The second-order valence-corrected chi connectivity index (χ2v) is 5.61. The molecule has 1 aliphatic rings. The molecule has 0 aromatic carbocycles. The summed E-state index contributed by atoms with van der Waals surface area (Å²) in [6.45, 7) is 2.35. The highest BCUT2D eigenvalue weighted by Gasteiger charge is 2.16. The van der Waals surface area contributed by atoms with Crippen LogP contribution in [0.15, 0.2) is 29.4 Å². The van der Waals surface area contributed by atoms with Crippen molar-refractivity contribution in [3.05, 3.63) is 35.0 Å². The standard InChI is InChI=1S/C10H10N2OS.H2O4S/c1-7-10(12-6-9(13)14-7)8-2-4-11-5-3-8;1-5(2,3)4/h2-5,12H,6H2,1H3;(H2,1,2,3,4). The molecule has 0 atom stereocenters. The Morgan fingerprint density at radius 2 is 1.84 bits per heavy atom. The third-order valence-electron chi connectivity index (χ3n) is 2.00. The monoisotopic (exact) mass is 304 g/mol. The van der Waals surface area contributed by atoms with E-state index in [2.05, 4.69) is 10.3 Å². The van der Waals surface area contributed by atoms with Crippen molar-refractivity contribution in [3.63, 3.8) is 0 Å². The third kappa shape index (κ3) is 6.34. The molecule has 2 heterocycles. The lowest BCUT2D eigenvalue weighted by atomic mass is 10.2. The number of pyridine rings is 1. The fraction of sp³-hybridized carbons (Fsp3) is 0.200. The average molecular weight is 304 g/mol. The quantitative estimate of drug-likeness (QED) is 0.657. The number of aromatic nitrogens is 1. The van der Waals surface area contributed by atoms with E-state index in [-0.39, 0.29) is 5.12 Å². The lowest BCUT2D eigenvalue weighted by molar-refractivity contribution is -0.110. The van der Waals surface area contributed by atoms with E-state index in [1.165, 1.54) is 11.8 Å². The maximum absolute atomic E-state index is 11.1. The van der Waals surface area contributed by atoms with Crippen LogP contribution in [0.5, 0.6) is 0 Å². The Morgan fingerprint density at radius 1 is 1.32 bits per heavy atom. The molecule has 7 nitrogen and oxygen atoms in total. The number of hydrogen-bond acceptors (Lipinski definition) is 6. The smallest absolute Gasteiger partial charge is 0.376 e. The van der Waals surface area contributed by atoms with E-state index in [1.807, 2.05) is 19.1 Å². The number of thioether (sulfide) groups is 1. The fourth-order valence-electron chi connectivity index (χ4n) is 1.37. The first-order chi connectivity index (χ1) is 8.77. The van der Waals surface area contributed by atoms with Gasteiger partial charge in [0.05, 0.1) is 12.2 Å². The van der Waals surface area contributed by atoms with Crippen molar-refractivity contribution in [2.75, 3.05) is 6.54 Å². The van der Waals surface area contributed by atoms with Gasteiger partial charge in [0, 0.05) is 22.9 Å². The van der Waals surface area contributed by atoms with Crippen molar-refractivity contribution in [1.82, 2.24) is 10.3 Å². The van der Waals surface area contributed by atoms with Gasteiger partial charge in [-0.15, -0.1) is 0 Å². The second kappa shape index (κ2) is 6.66. The van der Waals surface area contributed by atoms with Gasteiger partial charge in [0.25, 0.3) is 0 Å². The Labute approximate surface area is 114 Å². The van der Waals surface area contributed by atoms with Crippen LogP contribution in [-0.4, -0.2) is 34.2 Å². The molecule has 0 amide bonds. The number of rotatable bonds is 1. The molecule has 0 saturated heterocycles. The van der Waals surface area contributed by atoms with E-state index in [0.29, 0.717) is 6.54 Å². The minimum Gasteiger partial charge on any atom is -0.376 e. The van der Waals surface area contributed by atoms with E-state index in [0.717, 1.165) is 16.2 Å². The van der Waals surface area contributed by atoms with Gasteiger partial charge in [-0.05, 0) is 19.1 Å². The van der Waals surface area contributed by atoms with Gasteiger partial charge in [-0.2, -0.15) is 8.42 Å². The molecule has 0 unspecified atom stereocenters. The van der Waals surface area contributed by atoms with Gasteiger partial charge in [0.2, 0.25) is 5.12 Å². The van der Waals surface area contributed by atoms with Gasteiger partial charge < -0.3 is 5.32 Å². The van der Waals surface area contributed by atoms with Crippen molar-refractivity contribution >= 4 is 33.0 Å². The van der Waals surface area contributed by atoms with Crippen LogP contribution in [0.2, 0.25) is 0 Å². The molecular formula is C10H12N2O5S2. The molecule has 0 bridgehead atoms. The molecule has 0 fully saturated rings. The molecule has 2 rings (SSSR count). The zero-order valence-corrected chi connectivity index (χ0v) is 11.5. The van der Waals surface area contributed by atoms with E-state index < -0.39 is 10.4 Å². The number of nitrogens with zero attached hydrogens (tertiary/aromatic N) is 1. The molecule has 0 aliphatic carbocycles. The Morgan fingerprint density at radius 3 is 2.32 bits per heavy atom. The van der Waals surface area contributed by atoms with Crippen LogP contribution in [0.25, 0.3) is 5.70 Å². The number of allylic oxidation sites excluding steroid dienone is 1. The van der Waals surface area contributed by atoms with E-state index in [9.17, 15) is 4.79 Å².